The van der Waals surface area contributed by atoms with Gasteiger partial charge in [-0.25, -0.2) is 14.2 Å². The first kappa shape index (κ1) is 30.0. The van der Waals surface area contributed by atoms with Crippen LogP contribution in [0, 0.1) is 19.7 Å². The van der Waals surface area contributed by atoms with Crippen LogP contribution < -0.4 is 9.64 Å². The van der Waals surface area contributed by atoms with E-state index in [2.05, 4.69) is 10.2 Å². The standard InChI is InChI=1S/C32H38FN5O6/c1-16-15-41-12-10-38(16)31-36-35-29(43-31)23-14-21-25(20-13-22(33)26-19(17(20)2)9-8-11-42-26)24(18(3)34-28(21)37(23)7)27(30(39)40)44-32(4,5)6/h13-14,16,27H,8-12,15H2,1-7H3,(H,39,40)/t16-,27-/m0/s1. The van der Waals surface area contributed by atoms with Gasteiger partial charge in [-0.05, 0) is 77.6 Å². The zero-order chi connectivity index (χ0) is 31.5. The average Bonchev–Trinajstić information content (AvgIpc) is 3.58. The van der Waals surface area contributed by atoms with E-state index in [1.807, 2.05) is 36.4 Å². The largest absolute Gasteiger partial charge is 0.490 e. The Morgan fingerprint density at radius 1 is 1.20 bits per heavy atom. The minimum absolute atomic E-state index is 0.0737. The van der Waals surface area contributed by atoms with Gasteiger partial charge in [-0.3, -0.25) is 0 Å². The Morgan fingerprint density at radius 2 is 1.98 bits per heavy atom. The Kier molecular flexibility index (Phi) is 7.61. The predicted molar refractivity (Wildman–Crippen MR) is 162 cm³/mol. The molecule has 1 aromatic carbocycles. The maximum atomic E-state index is 15.7. The smallest absolute Gasteiger partial charge is 0.337 e. The zero-order valence-electron chi connectivity index (χ0n) is 26.2. The molecule has 234 valence electrons. The number of ether oxygens (including phenoxy) is 3. The number of halogens is 1. The Hall–Kier alpha value is -4.03. The summed E-state index contributed by atoms with van der Waals surface area (Å²) in [5.41, 5.74) is 3.89. The molecule has 5 heterocycles. The second-order valence-electron chi connectivity index (χ2n) is 12.6. The Bertz CT molecular complexity index is 1760. The van der Waals surface area contributed by atoms with Crippen LogP contribution in [-0.2, 0) is 27.7 Å². The summed E-state index contributed by atoms with van der Waals surface area (Å²) in [6.45, 7) is 13.3. The Morgan fingerprint density at radius 3 is 2.68 bits per heavy atom. The number of carboxylic acid groups (broad SMARTS) is 1. The van der Waals surface area contributed by atoms with Gasteiger partial charge in [0.1, 0.15) is 11.3 Å². The number of nitrogens with zero attached hydrogens (tertiary/aromatic N) is 5. The van der Waals surface area contributed by atoms with Crippen molar-refractivity contribution in [2.75, 3.05) is 31.3 Å². The zero-order valence-corrected chi connectivity index (χ0v) is 26.2. The molecule has 0 unspecified atom stereocenters. The molecular weight excluding hydrogens is 569 g/mol. The number of aromatic nitrogens is 4. The molecule has 0 radical (unpaired) electrons. The van der Waals surface area contributed by atoms with E-state index in [1.54, 1.807) is 27.7 Å². The second-order valence-corrected chi connectivity index (χ2v) is 12.6. The molecular formula is C32H38FN5O6. The molecule has 0 saturated carbocycles. The first-order valence-electron chi connectivity index (χ1n) is 14.9. The van der Waals surface area contributed by atoms with Crippen molar-refractivity contribution in [3.8, 4) is 28.5 Å². The van der Waals surface area contributed by atoms with Crippen molar-refractivity contribution in [1.82, 2.24) is 19.7 Å². The van der Waals surface area contributed by atoms with E-state index in [1.165, 1.54) is 6.07 Å². The quantitative estimate of drug-likeness (QED) is 0.299. The van der Waals surface area contributed by atoms with E-state index in [-0.39, 0.29) is 17.7 Å². The molecule has 0 aliphatic carbocycles. The molecule has 0 spiro atoms. The average molecular weight is 608 g/mol. The third-order valence-corrected chi connectivity index (χ3v) is 8.31. The highest BCUT2D eigenvalue weighted by Crippen LogP contribution is 2.45. The highest BCUT2D eigenvalue weighted by molar-refractivity contribution is 6.01. The van der Waals surface area contributed by atoms with Gasteiger partial charge in [0.25, 0.3) is 5.89 Å². The van der Waals surface area contributed by atoms with E-state index in [9.17, 15) is 9.90 Å². The maximum Gasteiger partial charge on any atom is 0.337 e. The fourth-order valence-electron chi connectivity index (χ4n) is 6.22. The van der Waals surface area contributed by atoms with Crippen molar-refractivity contribution in [3.05, 3.63) is 40.3 Å². The van der Waals surface area contributed by atoms with E-state index in [0.717, 1.165) is 17.5 Å². The molecule has 0 amide bonds. The number of aryl methyl sites for hydroxylation is 2. The summed E-state index contributed by atoms with van der Waals surface area (Å²) in [6, 6.07) is 3.75. The normalized spacial score (nSPS) is 17.9. The van der Waals surface area contributed by atoms with Crippen molar-refractivity contribution >= 4 is 23.0 Å². The SMILES string of the molecule is Cc1nc2c(cc(-c3nnc(N4CCOC[C@@H]4C)o3)n2C)c(-c2cc(F)c3c(c2C)CCCO3)c1[C@H](OC(C)(C)C)C(=O)O. The fraction of sp³-hybridized carbons (Fsp3) is 0.500. The lowest BCUT2D eigenvalue weighted by atomic mass is 9.86. The van der Waals surface area contributed by atoms with Gasteiger partial charge in [0.2, 0.25) is 0 Å². The molecule has 3 aromatic heterocycles. The van der Waals surface area contributed by atoms with Crippen LogP contribution in [0.5, 0.6) is 5.75 Å². The highest BCUT2D eigenvalue weighted by atomic mass is 19.1. The molecule has 0 bridgehead atoms. The van der Waals surface area contributed by atoms with E-state index in [4.69, 9.17) is 23.6 Å². The Balaban J connectivity index is 1.61. The molecule has 4 aromatic rings. The minimum atomic E-state index is -1.36. The van der Waals surface area contributed by atoms with Crippen LogP contribution in [0.2, 0.25) is 0 Å². The van der Waals surface area contributed by atoms with Crippen LogP contribution in [0.15, 0.2) is 16.5 Å². The summed E-state index contributed by atoms with van der Waals surface area (Å²) in [5.74, 6) is -1.12. The molecule has 6 rings (SSSR count). The number of carbonyl (C=O) groups is 1. The predicted octanol–water partition coefficient (Wildman–Crippen LogP) is 5.54. The van der Waals surface area contributed by atoms with Gasteiger partial charge in [0.15, 0.2) is 17.7 Å². The van der Waals surface area contributed by atoms with E-state index in [0.29, 0.717) is 77.9 Å². The summed E-state index contributed by atoms with van der Waals surface area (Å²) < 4.78 is 41.1. The molecule has 11 nitrogen and oxygen atoms in total. The second kappa shape index (κ2) is 11.2. The van der Waals surface area contributed by atoms with Crippen LogP contribution in [0.1, 0.15) is 62.6 Å². The van der Waals surface area contributed by atoms with E-state index >= 15 is 4.39 Å². The van der Waals surface area contributed by atoms with Crippen LogP contribution in [0.4, 0.5) is 10.4 Å². The van der Waals surface area contributed by atoms with Crippen LogP contribution in [0.3, 0.4) is 0 Å². The van der Waals surface area contributed by atoms with Gasteiger partial charge in [0.05, 0.1) is 31.5 Å². The van der Waals surface area contributed by atoms with Crippen molar-refractivity contribution < 1.29 is 32.9 Å². The van der Waals surface area contributed by atoms with Gasteiger partial charge in [0, 0.05) is 41.4 Å². The van der Waals surface area contributed by atoms with Crippen LogP contribution in [-0.4, -0.2) is 68.8 Å². The van der Waals surface area contributed by atoms with Crippen LogP contribution >= 0.6 is 0 Å². The van der Waals surface area contributed by atoms with Gasteiger partial charge < -0.3 is 33.2 Å². The van der Waals surface area contributed by atoms with Crippen molar-refractivity contribution in [3.63, 3.8) is 0 Å². The number of pyridine rings is 1. The number of morpholine rings is 1. The third kappa shape index (κ3) is 5.19. The topological polar surface area (TPSA) is 125 Å². The van der Waals surface area contributed by atoms with Gasteiger partial charge in [-0.2, -0.15) is 0 Å². The van der Waals surface area contributed by atoms with E-state index < -0.39 is 23.5 Å². The number of carboxylic acids is 1. The first-order valence-corrected chi connectivity index (χ1v) is 14.9. The molecule has 2 aliphatic rings. The molecule has 1 saturated heterocycles. The number of benzene rings is 1. The lowest BCUT2D eigenvalue weighted by Crippen LogP contribution is -2.43. The molecule has 1 N–H and O–H groups in total. The Labute approximate surface area is 254 Å². The first-order chi connectivity index (χ1) is 20.9. The van der Waals surface area contributed by atoms with Gasteiger partial charge >= 0.3 is 12.0 Å². The number of anilines is 1. The highest BCUT2D eigenvalue weighted by Gasteiger charge is 2.35. The molecule has 2 atom stereocenters. The number of rotatable bonds is 6. The fourth-order valence-corrected chi connectivity index (χ4v) is 6.22. The maximum absolute atomic E-state index is 15.7. The molecule has 2 aliphatic heterocycles. The minimum Gasteiger partial charge on any atom is -0.490 e. The molecule has 1 fully saturated rings. The third-order valence-electron chi connectivity index (χ3n) is 8.31. The lowest BCUT2D eigenvalue weighted by molar-refractivity contribution is -0.160. The number of aliphatic carboxylic acids is 1. The number of hydrogen-bond acceptors (Lipinski definition) is 9. The lowest BCUT2D eigenvalue weighted by Gasteiger charge is -2.31. The van der Waals surface area contributed by atoms with Crippen molar-refractivity contribution in [2.45, 2.75) is 72.1 Å². The van der Waals surface area contributed by atoms with Gasteiger partial charge in [-0.15, -0.1) is 5.10 Å². The van der Waals surface area contributed by atoms with Crippen molar-refractivity contribution in [2.24, 2.45) is 7.05 Å². The summed E-state index contributed by atoms with van der Waals surface area (Å²) in [7, 11) is 1.84. The molecule has 12 heteroatoms. The number of fused-ring (bicyclic) bond motifs is 2. The monoisotopic (exact) mass is 607 g/mol. The van der Waals surface area contributed by atoms with Crippen molar-refractivity contribution in [1.29, 1.82) is 0 Å². The van der Waals surface area contributed by atoms with Crippen LogP contribution in [0.25, 0.3) is 33.7 Å². The molecule has 44 heavy (non-hydrogen) atoms. The number of hydrogen-bond donors (Lipinski definition) is 1. The summed E-state index contributed by atoms with van der Waals surface area (Å²) >= 11 is 0. The summed E-state index contributed by atoms with van der Waals surface area (Å²) in [4.78, 5) is 19.7. The summed E-state index contributed by atoms with van der Waals surface area (Å²) in [5, 5.41) is 19.8. The summed E-state index contributed by atoms with van der Waals surface area (Å²) in [6.07, 6.45) is 0.0499. The van der Waals surface area contributed by atoms with Gasteiger partial charge in [-0.1, -0.05) is 5.10 Å².